The number of hydrogen-bond donors (Lipinski definition) is 4. The first-order valence-electron chi connectivity index (χ1n) is 14.4. The van der Waals surface area contributed by atoms with Crippen LogP contribution >= 0.6 is 0 Å². The largest absolute Gasteiger partial charge is 0.465 e. The van der Waals surface area contributed by atoms with E-state index in [0.717, 1.165) is 29.8 Å². The number of rotatable bonds is 5. The Labute approximate surface area is 238 Å². The van der Waals surface area contributed by atoms with Gasteiger partial charge >= 0.3 is 6.09 Å². The van der Waals surface area contributed by atoms with Crippen LogP contribution in [0.15, 0.2) is 36.5 Å². The molecule has 0 radical (unpaired) electrons. The van der Waals surface area contributed by atoms with E-state index in [4.69, 9.17) is 0 Å². The molecule has 2 atom stereocenters. The van der Waals surface area contributed by atoms with Gasteiger partial charge in [-0.25, -0.2) is 9.78 Å². The molecule has 0 saturated carbocycles. The molecule has 1 spiro atoms. The molecule has 0 bridgehead atoms. The normalized spacial score (nSPS) is 24.4. The maximum absolute atomic E-state index is 13.9. The van der Waals surface area contributed by atoms with Gasteiger partial charge in [0, 0.05) is 36.0 Å². The van der Waals surface area contributed by atoms with E-state index < -0.39 is 16.9 Å². The minimum atomic E-state index is -1.01. The number of aromatic nitrogens is 1. The lowest BCUT2D eigenvalue weighted by Crippen LogP contribution is -2.57. The summed E-state index contributed by atoms with van der Waals surface area (Å²) in [6.07, 6.45) is 4.36. The number of pyridine rings is 1. The first-order valence-corrected chi connectivity index (χ1v) is 14.4. The van der Waals surface area contributed by atoms with Gasteiger partial charge in [-0.05, 0) is 80.9 Å². The molecular formula is C30H36N6O5. The third-order valence-corrected chi connectivity index (χ3v) is 9.37. The molecule has 11 nitrogen and oxygen atoms in total. The average Bonchev–Trinajstić information content (AvgIpc) is 3.48. The van der Waals surface area contributed by atoms with Crippen LogP contribution in [0.5, 0.6) is 0 Å². The Morgan fingerprint density at radius 1 is 1.17 bits per heavy atom. The Bertz CT molecular complexity index is 1410. The highest BCUT2D eigenvalue weighted by atomic mass is 16.4. The molecule has 1 aromatic carbocycles. The van der Waals surface area contributed by atoms with E-state index >= 15 is 0 Å². The van der Waals surface area contributed by atoms with Crippen LogP contribution in [0, 0.1) is 5.41 Å². The van der Waals surface area contributed by atoms with E-state index in [9.17, 15) is 24.3 Å². The van der Waals surface area contributed by atoms with Gasteiger partial charge in [-0.3, -0.25) is 14.4 Å². The van der Waals surface area contributed by atoms with Crippen LogP contribution in [0.1, 0.15) is 49.3 Å². The fraction of sp³-hybridized carbons (Fsp3) is 0.500. The molecule has 1 aromatic heterocycles. The number of nitrogens with zero attached hydrogens (tertiary/aromatic N) is 3. The Hall–Kier alpha value is -3.99. The molecule has 4 amide bonds. The highest BCUT2D eigenvalue weighted by Crippen LogP contribution is 2.47. The van der Waals surface area contributed by atoms with Crippen LogP contribution in [-0.2, 0) is 32.6 Å². The minimum Gasteiger partial charge on any atom is -0.465 e. The monoisotopic (exact) mass is 560 g/mol. The average molecular weight is 561 g/mol. The van der Waals surface area contributed by atoms with Crippen molar-refractivity contribution in [2.75, 3.05) is 43.4 Å². The molecule has 216 valence electrons. The van der Waals surface area contributed by atoms with Crippen molar-refractivity contribution in [2.45, 2.75) is 56.9 Å². The zero-order valence-electron chi connectivity index (χ0n) is 23.2. The van der Waals surface area contributed by atoms with Crippen LogP contribution in [-0.4, -0.2) is 82.5 Å². The van der Waals surface area contributed by atoms with Crippen LogP contribution < -0.4 is 16.0 Å². The molecule has 6 rings (SSSR count). The molecule has 4 heterocycles. The number of likely N-dealkylation sites (tertiary alicyclic amines) is 1. The number of piperidine rings is 2. The summed E-state index contributed by atoms with van der Waals surface area (Å²) in [5, 5.41) is 18.8. The zero-order valence-corrected chi connectivity index (χ0v) is 23.2. The van der Waals surface area contributed by atoms with Gasteiger partial charge in [-0.1, -0.05) is 19.1 Å². The smallest absolute Gasteiger partial charge is 0.407 e. The van der Waals surface area contributed by atoms with Gasteiger partial charge in [0.05, 0.1) is 11.5 Å². The van der Waals surface area contributed by atoms with Gasteiger partial charge in [0.15, 0.2) is 0 Å². The number of hydrogen-bond acceptors (Lipinski definition) is 6. The summed E-state index contributed by atoms with van der Waals surface area (Å²) < 4.78 is 0. The van der Waals surface area contributed by atoms with Crippen molar-refractivity contribution >= 4 is 35.3 Å². The van der Waals surface area contributed by atoms with Crippen LogP contribution in [0.25, 0.3) is 0 Å². The van der Waals surface area contributed by atoms with E-state index in [1.165, 1.54) is 4.90 Å². The molecular weight excluding hydrogens is 524 g/mol. The molecule has 4 N–H and O–H groups in total. The van der Waals surface area contributed by atoms with E-state index in [1.807, 2.05) is 37.3 Å². The lowest BCUT2D eigenvalue weighted by Gasteiger charge is -2.43. The molecule has 2 saturated heterocycles. The van der Waals surface area contributed by atoms with Crippen molar-refractivity contribution in [3.05, 3.63) is 53.2 Å². The first kappa shape index (κ1) is 27.2. The highest BCUT2D eigenvalue weighted by molar-refractivity contribution is 6.06. The van der Waals surface area contributed by atoms with Crippen LogP contribution in [0.2, 0.25) is 0 Å². The fourth-order valence-corrected chi connectivity index (χ4v) is 6.99. The number of anilines is 2. The third-order valence-electron chi connectivity index (χ3n) is 9.37. The number of carbonyl (C=O) groups is 4. The summed E-state index contributed by atoms with van der Waals surface area (Å²) in [4.78, 5) is 59.4. The van der Waals surface area contributed by atoms with Crippen molar-refractivity contribution in [1.82, 2.24) is 20.1 Å². The molecule has 1 aliphatic carbocycles. The second kappa shape index (κ2) is 10.4. The van der Waals surface area contributed by atoms with Crippen LogP contribution in [0.3, 0.4) is 0 Å². The molecule has 1 unspecified atom stereocenters. The maximum Gasteiger partial charge on any atom is 0.407 e. The summed E-state index contributed by atoms with van der Waals surface area (Å²) in [6, 6.07) is 9.12. The number of carboxylic acid groups (broad SMARTS) is 1. The van der Waals surface area contributed by atoms with Gasteiger partial charge in [0.25, 0.3) is 0 Å². The standard InChI is InChI=1S/C30H36N6O5/c1-29(8-11-31-12-9-29)27(39)36(22-4-3-13-35(17-22)28(40)41)18-24(37)33-21-7-6-19-15-30(16-20(19)14-21)23-5-2-10-32-25(23)34-26(30)38/h2,5-7,10,14,22,31H,3-4,8-9,11-13,15-18H2,1H3,(H,33,37)(H,40,41)(H,32,34,38)/t22?,30-/m1/s1. The highest BCUT2D eigenvalue weighted by Gasteiger charge is 2.51. The van der Waals surface area contributed by atoms with E-state index in [1.54, 1.807) is 11.1 Å². The number of nitrogens with one attached hydrogen (secondary N) is 3. The SMILES string of the molecule is CC1(C(=O)N(CC(=O)Nc2ccc3c(c2)C[C@@]2(C3)C(=O)Nc3ncccc32)C2CCCN(C(=O)O)C2)CCNCC1. The lowest BCUT2D eigenvalue weighted by atomic mass is 9.79. The molecule has 2 fully saturated rings. The Morgan fingerprint density at radius 3 is 2.73 bits per heavy atom. The summed E-state index contributed by atoms with van der Waals surface area (Å²) in [5.41, 5.74) is 2.25. The number of carbonyl (C=O) groups excluding carboxylic acids is 3. The number of amides is 4. The topological polar surface area (TPSA) is 144 Å². The van der Waals surface area contributed by atoms with Crippen molar-refractivity contribution in [1.29, 1.82) is 0 Å². The van der Waals surface area contributed by atoms with Gasteiger partial charge in [0.2, 0.25) is 17.7 Å². The fourth-order valence-electron chi connectivity index (χ4n) is 6.99. The van der Waals surface area contributed by atoms with Gasteiger partial charge in [-0.15, -0.1) is 0 Å². The number of benzene rings is 1. The summed E-state index contributed by atoms with van der Waals surface area (Å²) in [6.45, 7) is 3.87. The second-order valence-corrected chi connectivity index (χ2v) is 12.1. The predicted molar refractivity (Wildman–Crippen MR) is 152 cm³/mol. The quantitative estimate of drug-likeness (QED) is 0.440. The number of fused-ring (bicyclic) bond motifs is 3. The Morgan fingerprint density at radius 2 is 1.95 bits per heavy atom. The first-order chi connectivity index (χ1) is 19.7. The minimum absolute atomic E-state index is 0.0589. The zero-order chi connectivity index (χ0) is 28.8. The Balaban J connectivity index is 1.19. The van der Waals surface area contributed by atoms with E-state index in [0.29, 0.717) is 56.6 Å². The molecule has 41 heavy (non-hydrogen) atoms. The molecule has 3 aliphatic heterocycles. The summed E-state index contributed by atoms with van der Waals surface area (Å²) in [7, 11) is 0. The summed E-state index contributed by atoms with van der Waals surface area (Å²) >= 11 is 0. The van der Waals surface area contributed by atoms with Gasteiger partial charge < -0.3 is 30.9 Å². The van der Waals surface area contributed by atoms with Crippen molar-refractivity contribution < 1.29 is 24.3 Å². The molecule has 2 aromatic rings. The summed E-state index contributed by atoms with van der Waals surface area (Å²) in [5.74, 6) is 0.123. The lowest BCUT2D eigenvalue weighted by molar-refractivity contribution is -0.148. The van der Waals surface area contributed by atoms with Crippen molar-refractivity contribution in [3.63, 3.8) is 0 Å². The molecule has 11 heteroatoms. The second-order valence-electron chi connectivity index (χ2n) is 12.1. The Kier molecular flexibility index (Phi) is 6.93. The predicted octanol–water partition coefficient (Wildman–Crippen LogP) is 2.37. The third kappa shape index (κ3) is 4.92. The van der Waals surface area contributed by atoms with Crippen molar-refractivity contribution in [3.8, 4) is 0 Å². The van der Waals surface area contributed by atoms with Crippen LogP contribution in [0.4, 0.5) is 16.3 Å². The van der Waals surface area contributed by atoms with E-state index in [-0.39, 0.29) is 36.9 Å². The molecule has 4 aliphatic rings. The maximum atomic E-state index is 13.9. The van der Waals surface area contributed by atoms with E-state index in [2.05, 4.69) is 20.9 Å². The van der Waals surface area contributed by atoms with Gasteiger partial charge in [-0.2, -0.15) is 0 Å². The van der Waals surface area contributed by atoms with Crippen molar-refractivity contribution in [2.24, 2.45) is 5.41 Å². The van der Waals surface area contributed by atoms with Gasteiger partial charge in [0.1, 0.15) is 12.4 Å².